The van der Waals surface area contributed by atoms with E-state index in [4.69, 9.17) is 34.4 Å². The van der Waals surface area contributed by atoms with Gasteiger partial charge in [-0.25, -0.2) is 10.9 Å². The van der Waals surface area contributed by atoms with Crippen LogP contribution >= 0.6 is 0 Å². The number of hydrogen-bond donors (Lipinski definition) is 11. The first-order valence-corrected chi connectivity index (χ1v) is 7.39. The Morgan fingerprint density at radius 1 is 1.21 bits per heavy atom. The van der Waals surface area contributed by atoms with Crippen LogP contribution in [0.2, 0.25) is 0 Å². The maximum Gasteiger partial charge on any atom is 0.149 e. The highest BCUT2D eigenvalue weighted by atomic mass is 15.5. The van der Waals surface area contributed by atoms with Gasteiger partial charge >= 0.3 is 0 Å². The van der Waals surface area contributed by atoms with E-state index >= 15 is 0 Å². The maximum atomic E-state index is 6.05. The molecule has 0 fully saturated rings. The first-order valence-electron chi connectivity index (χ1n) is 7.39. The number of benzene rings is 1. The summed E-state index contributed by atoms with van der Waals surface area (Å²) in [7, 11) is 0. The summed E-state index contributed by atoms with van der Waals surface area (Å²) in [6.45, 7) is 4.23. The standard InChI is InChI=1S/C13H27N11/c1-7-12(22-11(17)23-20-6-14,24-13(18,19)10(15)16)8-4-2-3-5-9(8)21-7/h2-5,10-11,20-24H,1,6,14-19H2. The lowest BCUT2D eigenvalue weighted by molar-refractivity contribution is 0.156. The van der Waals surface area contributed by atoms with E-state index in [1.807, 2.05) is 24.3 Å². The van der Waals surface area contributed by atoms with Crippen LogP contribution in [0.4, 0.5) is 5.69 Å². The average molecular weight is 337 g/mol. The number of fused-ring (bicyclic) bond motifs is 1. The Balaban J connectivity index is 2.41. The Labute approximate surface area is 140 Å². The van der Waals surface area contributed by atoms with Crippen molar-refractivity contribution in [2.75, 3.05) is 12.0 Å². The topological polar surface area (TPSA) is 216 Å². The normalized spacial score (nSPS) is 21.7. The molecule has 1 heterocycles. The minimum absolute atomic E-state index is 0.191. The van der Waals surface area contributed by atoms with Crippen molar-refractivity contribution < 1.29 is 0 Å². The van der Waals surface area contributed by atoms with Gasteiger partial charge in [-0.05, 0) is 6.07 Å². The van der Waals surface area contributed by atoms with E-state index in [0.29, 0.717) is 5.70 Å². The second-order valence-electron chi connectivity index (χ2n) is 5.63. The van der Waals surface area contributed by atoms with Gasteiger partial charge in [0.15, 0.2) is 0 Å². The van der Waals surface area contributed by atoms with Crippen LogP contribution in [0.15, 0.2) is 36.5 Å². The van der Waals surface area contributed by atoms with E-state index in [0.717, 1.165) is 11.3 Å². The zero-order valence-corrected chi connectivity index (χ0v) is 13.3. The zero-order valence-electron chi connectivity index (χ0n) is 13.3. The minimum Gasteiger partial charge on any atom is -0.356 e. The summed E-state index contributed by atoms with van der Waals surface area (Å²) < 4.78 is 0. The third-order valence-corrected chi connectivity index (χ3v) is 3.76. The van der Waals surface area contributed by atoms with Crippen molar-refractivity contribution in [3.05, 3.63) is 42.1 Å². The molecule has 0 spiro atoms. The fraction of sp³-hybridized carbons (Fsp3) is 0.385. The van der Waals surface area contributed by atoms with Crippen LogP contribution in [0.3, 0.4) is 0 Å². The number of nitrogens with one attached hydrogen (secondary N) is 5. The Kier molecular flexibility index (Phi) is 5.52. The summed E-state index contributed by atoms with van der Waals surface area (Å²) >= 11 is 0. The highest BCUT2D eigenvalue weighted by Crippen LogP contribution is 2.39. The van der Waals surface area contributed by atoms with Crippen molar-refractivity contribution in [3.63, 3.8) is 0 Å². The molecule has 17 N–H and O–H groups in total. The highest BCUT2D eigenvalue weighted by Gasteiger charge is 2.47. The highest BCUT2D eigenvalue weighted by molar-refractivity contribution is 5.67. The molecule has 0 aliphatic carbocycles. The van der Waals surface area contributed by atoms with Gasteiger partial charge in [0.25, 0.3) is 0 Å². The third-order valence-electron chi connectivity index (χ3n) is 3.76. The van der Waals surface area contributed by atoms with Crippen LogP contribution in [0, 0.1) is 0 Å². The van der Waals surface area contributed by atoms with Gasteiger partial charge in [0, 0.05) is 16.9 Å². The fourth-order valence-corrected chi connectivity index (χ4v) is 2.53. The minimum atomic E-state index is -1.60. The molecule has 1 aliphatic rings. The van der Waals surface area contributed by atoms with Gasteiger partial charge in [-0.3, -0.25) is 22.1 Å². The molecule has 1 aromatic carbocycles. The zero-order chi connectivity index (χ0) is 18.0. The smallest absolute Gasteiger partial charge is 0.149 e. The van der Waals surface area contributed by atoms with Gasteiger partial charge in [0.05, 0.1) is 12.8 Å². The molecule has 0 saturated heterocycles. The lowest BCUT2D eigenvalue weighted by Gasteiger charge is -2.43. The van der Waals surface area contributed by atoms with E-state index in [-0.39, 0.29) is 6.67 Å². The molecule has 24 heavy (non-hydrogen) atoms. The quantitative estimate of drug-likeness (QED) is 0.162. The molecule has 2 rings (SSSR count). The second-order valence-corrected chi connectivity index (χ2v) is 5.63. The number of nitrogens with two attached hydrogens (primary N) is 6. The SMILES string of the molecule is C=C1Nc2ccccc2C1(NC(N)NNCN)NC(N)(N)C(N)N. The van der Waals surface area contributed by atoms with Crippen molar-refractivity contribution in [1.29, 1.82) is 0 Å². The van der Waals surface area contributed by atoms with E-state index in [1.54, 1.807) is 0 Å². The van der Waals surface area contributed by atoms with Gasteiger partial charge in [0.1, 0.15) is 17.7 Å². The summed E-state index contributed by atoms with van der Waals surface area (Å²) in [4.78, 5) is 0. The van der Waals surface area contributed by atoms with Crippen molar-refractivity contribution >= 4 is 5.69 Å². The maximum absolute atomic E-state index is 6.05. The first kappa shape index (κ1) is 18.7. The molecule has 1 aromatic rings. The van der Waals surface area contributed by atoms with E-state index in [1.165, 1.54) is 0 Å². The largest absolute Gasteiger partial charge is 0.356 e. The molecular formula is C13H27N11. The molecule has 11 nitrogen and oxygen atoms in total. The Morgan fingerprint density at radius 3 is 2.50 bits per heavy atom. The van der Waals surface area contributed by atoms with Crippen molar-refractivity contribution in [2.24, 2.45) is 34.4 Å². The average Bonchev–Trinajstić information content (AvgIpc) is 2.77. The molecule has 0 bridgehead atoms. The van der Waals surface area contributed by atoms with Crippen molar-refractivity contribution in [3.8, 4) is 0 Å². The van der Waals surface area contributed by atoms with Gasteiger partial charge in [-0.2, -0.15) is 0 Å². The summed E-state index contributed by atoms with van der Waals surface area (Å²) in [5.74, 6) is -1.60. The number of hydrazine groups is 1. The van der Waals surface area contributed by atoms with Crippen LogP contribution in [0.25, 0.3) is 0 Å². The number of para-hydroxylation sites is 1. The van der Waals surface area contributed by atoms with Gasteiger partial charge < -0.3 is 28.3 Å². The molecule has 0 saturated carbocycles. The van der Waals surface area contributed by atoms with Crippen LogP contribution < -0.4 is 61.2 Å². The summed E-state index contributed by atoms with van der Waals surface area (Å²) in [6, 6.07) is 7.52. The molecule has 0 radical (unpaired) electrons. The lowest BCUT2D eigenvalue weighted by Crippen LogP contribution is -2.80. The van der Waals surface area contributed by atoms with E-state index in [2.05, 4.69) is 33.4 Å². The van der Waals surface area contributed by atoms with Crippen molar-refractivity contribution in [1.82, 2.24) is 21.5 Å². The third kappa shape index (κ3) is 3.55. The van der Waals surface area contributed by atoms with Gasteiger partial charge in [-0.1, -0.05) is 24.8 Å². The van der Waals surface area contributed by atoms with Gasteiger partial charge in [-0.15, -0.1) is 0 Å². The van der Waals surface area contributed by atoms with Crippen LogP contribution in [0.5, 0.6) is 0 Å². The summed E-state index contributed by atoms with van der Waals surface area (Å²) in [6.07, 6.45) is -1.77. The monoisotopic (exact) mass is 337 g/mol. The first-order chi connectivity index (χ1) is 11.2. The molecule has 11 heteroatoms. The number of hydrogen-bond acceptors (Lipinski definition) is 11. The summed E-state index contributed by atoms with van der Waals surface area (Å²) in [5, 5.41) is 9.35. The number of rotatable bonds is 8. The fourth-order valence-electron chi connectivity index (χ4n) is 2.53. The predicted molar refractivity (Wildman–Crippen MR) is 93.7 cm³/mol. The van der Waals surface area contributed by atoms with Crippen molar-refractivity contribution in [2.45, 2.75) is 23.9 Å². The predicted octanol–water partition coefficient (Wildman–Crippen LogP) is -3.97. The van der Waals surface area contributed by atoms with Crippen LogP contribution in [0.1, 0.15) is 5.56 Å². The van der Waals surface area contributed by atoms with Gasteiger partial charge in [0.2, 0.25) is 0 Å². The summed E-state index contributed by atoms with van der Waals surface area (Å²) in [5.41, 5.74) is 41.4. The van der Waals surface area contributed by atoms with Crippen LogP contribution in [-0.4, -0.2) is 24.9 Å². The lowest BCUT2D eigenvalue weighted by atomic mass is 9.97. The Morgan fingerprint density at radius 2 is 1.88 bits per heavy atom. The molecular weight excluding hydrogens is 310 g/mol. The van der Waals surface area contributed by atoms with Crippen LogP contribution in [-0.2, 0) is 5.66 Å². The van der Waals surface area contributed by atoms with E-state index < -0.39 is 23.9 Å². The molecule has 0 amide bonds. The Bertz CT molecular complexity index is 587. The Hall–Kier alpha value is -1.64. The molecule has 0 aromatic heterocycles. The second kappa shape index (κ2) is 7.08. The number of anilines is 1. The molecule has 2 unspecified atom stereocenters. The molecule has 2 atom stereocenters. The van der Waals surface area contributed by atoms with E-state index in [9.17, 15) is 0 Å². The molecule has 134 valence electrons. The molecule has 1 aliphatic heterocycles.